The van der Waals surface area contributed by atoms with Crippen LogP contribution in [0.3, 0.4) is 0 Å². The molecule has 0 atom stereocenters. The topological polar surface area (TPSA) is 77.6 Å². The molecule has 0 spiro atoms. The largest absolute Gasteiger partial charge is 0.497 e. The molecule has 0 fully saturated rings. The minimum Gasteiger partial charge on any atom is -0.497 e. The Morgan fingerprint density at radius 1 is 1.37 bits per heavy atom. The third-order valence-electron chi connectivity index (χ3n) is 4.69. The Bertz CT molecular complexity index is 1040. The third-order valence-corrected chi connectivity index (χ3v) is 4.69. The Kier molecular flexibility index (Phi) is 5.30. The number of hydrogen-bond acceptors (Lipinski definition) is 5. The van der Waals surface area contributed by atoms with Crippen molar-refractivity contribution < 1.29 is 13.9 Å². The Morgan fingerprint density at radius 2 is 2.15 bits per heavy atom. The van der Waals surface area contributed by atoms with E-state index in [1.165, 1.54) is 0 Å². The minimum absolute atomic E-state index is 0.0347. The van der Waals surface area contributed by atoms with Crippen LogP contribution in [-0.2, 0) is 24.8 Å². The first-order chi connectivity index (χ1) is 12.9. The molecule has 142 valence electrons. The summed E-state index contributed by atoms with van der Waals surface area (Å²) >= 11 is 0. The fourth-order valence-electron chi connectivity index (χ4n) is 3.13. The van der Waals surface area contributed by atoms with Gasteiger partial charge in [-0.3, -0.25) is 9.48 Å². The molecule has 0 bridgehead atoms. The van der Waals surface area contributed by atoms with Gasteiger partial charge in [0.05, 0.1) is 13.3 Å². The van der Waals surface area contributed by atoms with Gasteiger partial charge in [0, 0.05) is 55.8 Å². The molecule has 7 nitrogen and oxygen atoms in total. The number of carbonyl (C=O) groups excluding carboxylic acids is 1. The van der Waals surface area contributed by atoms with Gasteiger partial charge in [-0.05, 0) is 31.0 Å². The molecule has 3 rings (SSSR count). The van der Waals surface area contributed by atoms with Crippen molar-refractivity contribution in [2.24, 2.45) is 7.05 Å². The molecular formula is C20H23N3O4. The minimum atomic E-state index is -0.407. The highest BCUT2D eigenvalue weighted by Crippen LogP contribution is 2.24. The number of benzene rings is 1. The first-order valence-electron chi connectivity index (χ1n) is 8.71. The van der Waals surface area contributed by atoms with Gasteiger partial charge in [-0.15, -0.1) is 0 Å². The normalized spacial score (nSPS) is 11.0. The molecule has 7 heteroatoms. The number of nitrogens with zero attached hydrogens (tertiary/aromatic N) is 3. The van der Waals surface area contributed by atoms with Gasteiger partial charge in [0.1, 0.15) is 11.3 Å². The maximum absolute atomic E-state index is 12.4. The van der Waals surface area contributed by atoms with Crippen molar-refractivity contribution >= 4 is 16.9 Å². The van der Waals surface area contributed by atoms with Crippen LogP contribution in [0.15, 0.2) is 39.8 Å². The molecule has 0 unspecified atom stereocenters. The molecule has 0 saturated carbocycles. The van der Waals surface area contributed by atoms with Crippen molar-refractivity contribution in [2.45, 2.75) is 26.3 Å². The highest BCUT2D eigenvalue weighted by molar-refractivity contribution is 5.82. The molecule has 0 aliphatic heterocycles. The summed E-state index contributed by atoms with van der Waals surface area (Å²) in [5.41, 5.74) is 2.42. The average Bonchev–Trinajstić information content (AvgIpc) is 3.05. The molecule has 0 N–H and O–H groups in total. The Hall–Kier alpha value is -3.09. The zero-order chi connectivity index (χ0) is 19.6. The number of methoxy groups -OCH3 is 1. The van der Waals surface area contributed by atoms with Crippen LogP contribution in [0.5, 0.6) is 5.75 Å². The average molecular weight is 369 g/mol. The Balaban J connectivity index is 1.74. The van der Waals surface area contributed by atoms with Gasteiger partial charge in [-0.25, -0.2) is 4.79 Å². The maximum Gasteiger partial charge on any atom is 0.339 e. The van der Waals surface area contributed by atoms with Crippen molar-refractivity contribution in [3.63, 3.8) is 0 Å². The molecule has 0 saturated heterocycles. The van der Waals surface area contributed by atoms with Crippen LogP contribution in [0.4, 0.5) is 0 Å². The molecule has 0 radical (unpaired) electrons. The lowest BCUT2D eigenvalue weighted by molar-refractivity contribution is -0.130. The van der Waals surface area contributed by atoms with E-state index in [4.69, 9.17) is 9.15 Å². The molecule has 2 aromatic heterocycles. The summed E-state index contributed by atoms with van der Waals surface area (Å²) in [7, 11) is 5.15. The van der Waals surface area contributed by atoms with Crippen LogP contribution >= 0.6 is 0 Å². The summed E-state index contributed by atoms with van der Waals surface area (Å²) in [4.78, 5) is 26.5. The van der Waals surface area contributed by atoms with Crippen LogP contribution in [-0.4, -0.2) is 34.7 Å². The predicted molar refractivity (Wildman–Crippen MR) is 102 cm³/mol. The number of hydrogen-bond donors (Lipinski definition) is 0. The highest BCUT2D eigenvalue weighted by Gasteiger charge is 2.16. The molecule has 2 heterocycles. The molecule has 1 amide bonds. The van der Waals surface area contributed by atoms with E-state index >= 15 is 0 Å². The van der Waals surface area contributed by atoms with Crippen LogP contribution in [0.25, 0.3) is 11.0 Å². The number of ether oxygens (including phenoxy) is 1. The van der Waals surface area contributed by atoms with Crippen molar-refractivity contribution in [2.75, 3.05) is 14.2 Å². The number of carbonyl (C=O) groups is 1. The van der Waals surface area contributed by atoms with Gasteiger partial charge in [0.2, 0.25) is 5.91 Å². The summed E-state index contributed by atoms with van der Waals surface area (Å²) in [5, 5.41) is 4.95. The molecule has 0 aliphatic rings. The monoisotopic (exact) mass is 369 g/mol. The van der Waals surface area contributed by atoms with E-state index in [-0.39, 0.29) is 12.3 Å². The molecule has 3 aromatic rings. The second kappa shape index (κ2) is 7.65. The quantitative estimate of drug-likeness (QED) is 0.624. The van der Waals surface area contributed by atoms with Crippen LogP contribution in [0.1, 0.15) is 23.1 Å². The second-order valence-electron chi connectivity index (χ2n) is 6.63. The van der Waals surface area contributed by atoms with Gasteiger partial charge in [0.25, 0.3) is 0 Å². The van der Waals surface area contributed by atoms with Crippen molar-refractivity contribution in [3.05, 3.63) is 57.7 Å². The van der Waals surface area contributed by atoms with Gasteiger partial charge in [0.15, 0.2) is 0 Å². The third kappa shape index (κ3) is 4.02. The SMILES string of the molecule is COc1ccc2c(C)c(CCC(=O)N(C)Cc3cnn(C)c3)c(=O)oc2c1. The van der Waals surface area contributed by atoms with E-state index in [0.29, 0.717) is 29.9 Å². The number of aromatic nitrogens is 2. The second-order valence-corrected chi connectivity index (χ2v) is 6.63. The standard InChI is InChI=1S/C20H23N3O4/c1-13-16-6-5-15(26-4)9-18(16)27-20(25)17(13)7-8-19(24)22(2)11-14-10-21-23(3)12-14/h5-6,9-10,12H,7-8,11H2,1-4H3. The fraction of sp³-hybridized carbons (Fsp3) is 0.350. The molecule has 0 aliphatic carbocycles. The van der Waals surface area contributed by atoms with Gasteiger partial charge < -0.3 is 14.1 Å². The lowest BCUT2D eigenvalue weighted by Crippen LogP contribution is -2.27. The zero-order valence-electron chi connectivity index (χ0n) is 16.0. The first kappa shape index (κ1) is 18.7. The molecule has 1 aromatic carbocycles. The molecule has 27 heavy (non-hydrogen) atoms. The lowest BCUT2D eigenvalue weighted by atomic mass is 10.0. The predicted octanol–water partition coefficient (Wildman–Crippen LogP) is 2.43. The number of fused-ring (bicyclic) bond motifs is 1. The number of aryl methyl sites for hydroxylation is 2. The van der Waals surface area contributed by atoms with Crippen LogP contribution in [0.2, 0.25) is 0 Å². The van der Waals surface area contributed by atoms with E-state index in [1.807, 2.05) is 32.3 Å². The summed E-state index contributed by atoms with van der Waals surface area (Å²) < 4.78 is 12.3. The van der Waals surface area contributed by atoms with Crippen LogP contribution in [0, 0.1) is 6.92 Å². The van der Waals surface area contributed by atoms with Gasteiger partial charge in [-0.1, -0.05) is 0 Å². The number of amides is 1. The van der Waals surface area contributed by atoms with E-state index in [2.05, 4.69) is 5.10 Å². The summed E-state index contributed by atoms with van der Waals surface area (Å²) in [6.45, 7) is 2.36. The smallest absolute Gasteiger partial charge is 0.339 e. The van der Waals surface area contributed by atoms with Crippen molar-refractivity contribution in [3.8, 4) is 5.75 Å². The molecular weight excluding hydrogens is 346 g/mol. The van der Waals surface area contributed by atoms with Crippen LogP contribution < -0.4 is 10.4 Å². The first-order valence-corrected chi connectivity index (χ1v) is 8.71. The lowest BCUT2D eigenvalue weighted by Gasteiger charge is -2.16. The van der Waals surface area contributed by atoms with E-state index in [0.717, 1.165) is 16.5 Å². The fourth-order valence-corrected chi connectivity index (χ4v) is 3.13. The van der Waals surface area contributed by atoms with E-state index in [1.54, 1.807) is 36.0 Å². The summed E-state index contributed by atoms with van der Waals surface area (Å²) in [6, 6.07) is 5.39. The van der Waals surface area contributed by atoms with Crippen molar-refractivity contribution in [1.29, 1.82) is 0 Å². The van der Waals surface area contributed by atoms with Gasteiger partial charge >= 0.3 is 5.63 Å². The number of rotatable bonds is 6. The Morgan fingerprint density at radius 3 is 2.81 bits per heavy atom. The Labute approximate surface area is 157 Å². The highest BCUT2D eigenvalue weighted by atomic mass is 16.5. The van der Waals surface area contributed by atoms with E-state index in [9.17, 15) is 9.59 Å². The summed E-state index contributed by atoms with van der Waals surface area (Å²) in [6.07, 6.45) is 4.19. The summed E-state index contributed by atoms with van der Waals surface area (Å²) in [5.74, 6) is 0.595. The zero-order valence-corrected chi connectivity index (χ0v) is 16.0. The van der Waals surface area contributed by atoms with Crippen molar-refractivity contribution in [1.82, 2.24) is 14.7 Å². The van der Waals surface area contributed by atoms with Gasteiger partial charge in [-0.2, -0.15) is 5.10 Å². The van der Waals surface area contributed by atoms with E-state index < -0.39 is 5.63 Å². The maximum atomic E-state index is 12.4.